The van der Waals surface area contributed by atoms with Gasteiger partial charge >= 0.3 is 0 Å². The fourth-order valence-corrected chi connectivity index (χ4v) is 3.42. The highest BCUT2D eigenvalue weighted by molar-refractivity contribution is 9.10. The second kappa shape index (κ2) is 11.8. The molecule has 0 aliphatic carbocycles. The van der Waals surface area contributed by atoms with E-state index in [1.165, 1.54) is 0 Å². The fourth-order valence-electron chi connectivity index (χ4n) is 3.02. The van der Waals surface area contributed by atoms with E-state index in [2.05, 4.69) is 22.9 Å². The Labute approximate surface area is 181 Å². The van der Waals surface area contributed by atoms with Gasteiger partial charge < -0.3 is 19.1 Å². The van der Waals surface area contributed by atoms with Crippen molar-refractivity contribution in [3.05, 3.63) is 58.3 Å². The van der Waals surface area contributed by atoms with E-state index in [9.17, 15) is 9.59 Å². The minimum Gasteiger partial charge on any atom is -0.383 e. The van der Waals surface area contributed by atoms with E-state index >= 15 is 0 Å². The van der Waals surface area contributed by atoms with E-state index in [1.54, 1.807) is 24.1 Å². The Bertz CT molecular complexity index is 806. The topological polar surface area (TPSA) is 54.8 Å². The van der Waals surface area contributed by atoms with Gasteiger partial charge in [0.15, 0.2) is 0 Å². The maximum atomic E-state index is 13.1. The first kappa shape index (κ1) is 23.2. The fraction of sp³-hybridized carbons (Fsp3) is 0.455. The quantitative estimate of drug-likeness (QED) is 0.510. The van der Waals surface area contributed by atoms with Crippen molar-refractivity contribution in [2.75, 3.05) is 33.4 Å². The molecule has 0 N–H and O–H groups in total. The summed E-state index contributed by atoms with van der Waals surface area (Å²) in [6.07, 6.45) is 3.90. The molecule has 0 bridgehead atoms. The Morgan fingerprint density at radius 1 is 1.14 bits per heavy atom. The number of carbonyl (C=O) groups excluding carboxylic acids is 2. The summed E-state index contributed by atoms with van der Waals surface area (Å²) >= 11 is 3.40. The number of amides is 2. The standard InChI is InChI=1S/C22H30BrN3O3/c1-4-5-12-25(16-20-10-7-11-24(20)2)21(27)17-26(13-14-29-3)22(28)18-8-6-9-19(23)15-18/h6-11,15H,4-5,12-14,16-17H2,1-3H3. The number of aromatic nitrogens is 1. The average Bonchev–Trinajstić information content (AvgIpc) is 3.12. The summed E-state index contributed by atoms with van der Waals surface area (Å²) in [6.45, 7) is 4.07. The van der Waals surface area contributed by atoms with E-state index in [0.717, 1.165) is 23.0 Å². The summed E-state index contributed by atoms with van der Waals surface area (Å²) in [6, 6.07) is 11.2. The molecule has 2 amide bonds. The molecule has 0 spiro atoms. The molecule has 0 saturated heterocycles. The number of nitrogens with zero attached hydrogens (tertiary/aromatic N) is 3. The first-order chi connectivity index (χ1) is 14.0. The zero-order valence-electron chi connectivity index (χ0n) is 17.4. The maximum absolute atomic E-state index is 13.1. The van der Waals surface area contributed by atoms with Crippen LogP contribution in [0.1, 0.15) is 35.8 Å². The largest absolute Gasteiger partial charge is 0.383 e. The molecule has 2 aromatic rings. The van der Waals surface area contributed by atoms with Crippen LogP contribution in [0.5, 0.6) is 0 Å². The Hall–Kier alpha value is -2.12. The van der Waals surface area contributed by atoms with Gasteiger partial charge in [0.05, 0.1) is 13.2 Å². The van der Waals surface area contributed by atoms with Gasteiger partial charge in [-0.1, -0.05) is 35.3 Å². The van der Waals surface area contributed by atoms with E-state index in [4.69, 9.17) is 4.74 Å². The number of hydrogen-bond acceptors (Lipinski definition) is 3. The van der Waals surface area contributed by atoms with Crippen LogP contribution in [0.2, 0.25) is 0 Å². The molecule has 0 radical (unpaired) electrons. The van der Waals surface area contributed by atoms with Crippen LogP contribution in [0.25, 0.3) is 0 Å². The van der Waals surface area contributed by atoms with E-state index in [1.807, 2.05) is 47.0 Å². The molecular weight excluding hydrogens is 434 g/mol. The number of benzene rings is 1. The highest BCUT2D eigenvalue weighted by Gasteiger charge is 2.23. The second-order valence-electron chi connectivity index (χ2n) is 7.01. The number of unbranched alkanes of at least 4 members (excludes halogenated alkanes) is 1. The molecule has 0 fully saturated rings. The molecule has 7 heteroatoms. The summed E-state index contributed by atoms with van der Waals surface area (Å²) in [4.78, 5) is 29.6. The zero-order chi connectivity index (χ0) is 21.2. The molecule has 29 heavy (non-hydrogen) atoms. The number of rotatable bonds is 11. The maximum Gasteiger partial charge on any atom is 0.254 e. The lowest BCUT2D eigenvalue weighted by atomic mass is 10.2. The summed E-state index contributed by atoms with van der Waals surface area (Å²) in [7, 11) is 3.56. The van der Waals surface area contributed by atoms with Crippen LogP contribution < -0.4 is 0 Å². The molecule has 0 unspecified atom stereocenters. The van der Waals surface area contributed by atoms with Gasteiger partial charge in [-0.25, -0.2) is 0 Å². The van der Waals surface area contributed by atoms with Crippen LogP contribution >= 0.6 is 15.9 Å². The van der Waals surface area contributed by atoms with E-state index in [-0.39, 0.29) is 18.4 Å². The minimum atomic E-state index is -0.175. The van der Waals surface area contributed by atoms with Gasteiger partial charge in [0.1, 0.15) is 6.54 Å². The Balaban J connectivity index is 2.16. The van der Waals surface area contributed by atoms with Crippen molar-refractivity contribution in [2.24, 2.45) is 7.05 Å². The van der Waals surface area contributed by atoms with E-state index in [0.29, 0.717) is 31.8 Å². The van der Waals surface area contributed by atoms with Crippen LogP contribution in [0.3, 0.4) is 0 Å². The molecule has 1 aromatic carbocycles. The number of aryl methyl sites for hydroxylation is 1. The lowest BCUT2D eigenvalue weighted by Gasteiger charge is -2.28. The Morgan fingerprint density at radius 3 is 2.55 bits per heavy atom. The van der Waals surface area contributed by atoms with Crippen molar-refractivity contribution >= 4 is 27.7 Å². The predicted octanol–water partition coefficient (Wildman–Crippen LogP) is 3.71. The predicted molar refractivity (Wildman–Crippen MR) is 118 cm³/mol. The normalized spacial score (nSPS) is 10.8. The first-order valence-electron chi connectivity index (χ1n) is 9.88. The van der Waals surface area contributed by atoms with Gasteiger partial charge in [-0.2, -0.15) is 0 Å². The number of ether oxygens (including phenoxy) is 1. The molecule has 0 aliphatic rings. The summed E-state index contributed by atoms with van der Waals surface area (Å²) < 4.78 is 8.00. The molecular formula is C22H30BrN3O3. The summed E-state index contributed by atoms with van der Waals surface area (Å²) in [5.74, 6) is -0.231. The SMILES string of the molecule is CCCCN(Cc1cccn1C)C(=O)CN(CCOC)C(=O)c1cccc(Br)c1. The van der Waals surface area contributed by atoms with Crippen molar-refractivity contribution in [2.45, 2.75) is 26.3 Å². The van der Waals surface area contributed by atoms with E-state index < -0.39 is 0 Å². The molecule has 1 aromatic heterocycles. The molecule has 6 nitrogen and oxygen atoms in total. The van der Waals surface area contributed by atoms with Crippen molar-refractivity contribution < 1.29 is 14.3 Å². The van der Waals surface area contributed by atoms with Crippen molar-refractivity contribution in [1.29, 1.82) is 0 Å². The molecule has 2 rings (SSSR count). The molecule has 1 heterocycles. The van der Waals surface area contributed by atoms with Crippen molar-refractivity contribution in [1.82, 2.24) is 14.4 Å². The van der Waals surface area contributed by atoms with Gasteiger partial charge in [-0.05, 0) is 36.8 Å². The zero-order valence-corrected chi connectivity index (χ0v) is 19.0. The third kappa shape index (κ3) is 7.01. The van der Waals surface area contributed by atoms with Crippen molar-refractivity contribution in [3.8, 4) is 0 Å². The average molecular weight is 464 g/mol. The van der Waals surface area contributed by atoms with Crippen LogP contribution in [-0.4, -0.2) is 59.5 Å². The second-order valence-corrected chi connectivity index (χ2v) is 7.92. The smallest absolute Gasteiger partial charge is 0.254 e. The van der Waals surface area contributed by atoms with Gasteiger partial charge in [-0.15, -0.1) is 0 Å². The highest BCUT2D eigenvalue weighted by Crippen LogP contribution is 2.14. The molecule has 0 saturated carbocycles. The van der Waals surface area contributed by atoms with Gasteiger partial charge in [0, 0.05) is 49.2 Å². The minimum absolute atomic E-state index is 0.0306. The number of halogens is 1. The van der Waals surface area contributed by atoms with Gasteiger partial charge in [-0.3, -0.25) is 9.59 Å². The van der Waals surface area contributed by atoms with Gasteiger partial charge in [0.25, 0.3) is 5.91 Å². The lowest BCUT2D eigenvalue weighted by Crippen LogP contribution is -2.44. The lowest BCUT2D eigenvalue weighted by molar-refractivity contribution is -0.132. The number of carbonyl (C=O) groups is 2. The van der Waals surface area contributed by atoms with Gasteiger partial charge in [0.2, 0.25) is 5.91 Å². The third-order valence-electron chi connectivity index (χ3n) is 4.79. The highest BCUT2D eigenvalue weighted by atomic mass is 79.9. The molecule has 0 aliphatic heterocycles. The summed E-state index contributed by atoms with van der Waals surface area (Å²) in [5.41, 5.74) is 1.61. The van der Waals surface area contributed by atoms with Crippen LogP contribution in [-0.2, 0) is 23.1 Å². The van der Waals surface area contributed by atoms with Crippen molar-refractivity contribution in [3.63, 3.8) is 0 Å². The van der Waals surface area contributed by atoms with Crippen LogP contribution in [0.15, 0.2) is 47.1 Å². The Kier molecular flexibility index (Phi) is 9.41. The monoisotopic (exact) mass is 463 g/mol. The van der Waals surface area contributed by atoms with Crippen LogP contribution in [0, 0.1) is 0 Å². The Morgan fingerprint density at radius 2 is 1.93 bits per heavy atom. The summed E-state index contributed by atoms with van der Waals surface area (Å²) in [5, 5.41) is 0. The number of methoxy groups -OCH3 is 1. The first-order valence-corrected chi connectivity index (χ1v) is 10.7. The molecule has 0 atom stereocenters. The van der Waals surface area contributed by atoms with Crippen LogP contribution in [0.4, 0.5) is 0 Å². The number of hydrogen-bond donors (Lipinski definition) is 0. The third-order valence-corrected chi connectivity index (χ3v) is 5.28. The molecule has 158 valence electrons.